The van der Waals surface area contributed by atoms with Gasteiger partial charge in [-0.25, -0.2) is 0 Å². The molecule has 3 aromatic rings. The van der Waals surface area contributed by atoms with Crippen molar-refractivity contribution in [2.24, 2.45) is 0 Å². The van der Waals surface area contributed by atoms with Crippen LogP contribution >= 0.6 is 15.9 Å². The van der Waals surface area contributed by atoms with Crippen molar-refractivity contribution in [2.75, 3.05) is 0 Å². The van der Waals surface area contributed by atoms with Gasteiger partial charge in [-0.2, -0.15) is 0 Å². The monoisotopic (exact) mass is 366 g/mol. The quantitative estimate of drug-likeness (QED) is 0.744. The van der Waals surface area contributed by atoms with E-state index in [4.69, 9.17) is 0 Å². The predicted octanol–water partition coefficient (Wildman–Crippen LogP) is 4.36. The highest BCUT2D eigenvalue weighted by Gasteiger charge is 2.18. The highest BCUT2D eigenvalue weighted by atomic mass is 79.9. The van der Waals surface area contributed by atoms with Gasteiger partial charge >= 0.3 is 0 Å². The van der Waals surface area contributed by atoms with Crippen LogP contribution in [0.4, 0.5) is 0 Å². The Kier molecular flexibility index (Phi) is 4.83. The number of nitrogens with zero attached hydrogens (tertiary/aromatic N) is 1. The van der Waals surface area contributed by atoms with Crippen molar-refractivity contribution in [2.45, 2.75) is 6.04 Å². The Morgan fingerprint density at radius 1 is 0.913 bits per heavy atom. The zero-order chi connectivity index (χ0) is 16.1. The number of aromatic nitrogens is 1. The van der Waals surface area contributed by atoms with Crippen molar-refractivity contribution in [3.8, 4) is 0 Å². The SMILES string of the molecule is O=C(NC(c1ccccc1)c1ccccn1)c1ccc(Br)cc1. The lowest BCUT2D eigenvalue weighted by molar-refractivity contribution is 0.0942. The summed E-state index contributed by atoms with van der Waals surface area (Å²) >= 11 is 3.38. The molecule has 0 aliphatic rings. The normalized spacial score (nSPS) is 11.7. The summed E-state index contributed by atoms with van der Waals surface area (Å²) in [4.78, 5) is 17.0. The van der Waals surface area contributed by atoms with Crippen molar-refractivity contribution < 1.29 is 4.79 Å². The molecule has 0 saturated carbocycles. The number of carbonyl (C=O) groups excluding carboxylic acids is 1. The first-order valence-corrected chi connectivity index (χ1v) is 8.05. The third-order valence-corrected chi connectivity index (χ3v) is 4.03. The lowest BCUT2D eigenvalue weighted by atomic mass is 10.0. The van der Waals surface area contributed by atoms with E-state index < -0.39 is 0 Å². The van der Waals surface area contributed by atoms with Gasteiger partial charge in [0.25, 0.3) is 5.91 Å². The van der Waals surface area contributed by atoms with Crippen molar-refractivity contribution in [1.82, 2.24) is 10.3 Å². The van der Waals surface area contributed by atoms with E-state index in [-0.39, 0.29) is 11.9 Å². The summed E-state index contributed by atoms with van der Waals surface area (Å²) in [5.41, 5.74) is 2.42. The van der Waals surface area contributed by atoms with Crippen molar-refractivity contribution in [1.29, 1.82) is 0 Å². The maximum atomic E-state index is 12.6. The summed E-state index contributed by atoms with van der Waals surface area (Å²) in [7, 11) is 0. The Morgan fingerprint density at radius 3 is 2.26 bits per heavy atom. The van der Waals surface area contributed by atoms with Gasteiger partial charge in [-0.1, -0.05) is 52.3 Å². The van der Waals surface area contributed by atoms with Crippen molar-refractivity contribution in [3.05, 3.63) is 100 Å². The molecule has 0 bridgehead atoms. The van der Waals surface area contributed by atoms with Crippen LogP contribution in [0.5, 0.6) is 0 Å². The lowest BCUT2D eigenvalue weighted by Crippen LogP contribution is -2.29. The predicted molar refractivity (Wildman–Crippen MR) is 94.1 cm³/mol. The van der Waals surface area contributed by atoms with Crippen LogP contribution < -0.4 is 5.32 Å². The second kappa shape index (κ2) is 7.20. The van der Waals surface area contributed by atoms with Crippen LogP contribution in [0.1, 0.15) is 27.7 Å². The lowest BCUT2D eigenvalue weighted by Gasteiger charge is -2.19. The van der Waals surface area contributed by atoms with Crippen LogP contribution in [0.15, 0.2) is 83.5 Å². The Morgan fingerprint density at radius 2 is 1.61 bits per heavy atom. The van der Waals surface area contributed by atoms with Crippen LogP contribution in [-0.2, 0) is 0 Å². The highest BCUT2D eigenvalue weighted by molar-refractivity contribution is 9.10. The van der Waals surface area contributed by atoms with Gasteiger partial charge in [0.15, 0.2) is 0 Å². The third-order valence-electron chi connectivity index (χ3n) is 3.50. The van der Waals surface area contributed by atoms with Gasteiger partial charge in [-0.05, 0) is 42.0 Å². The minimum Gasteiger partial charge on any atom is -0.340 e. The molecule has 3 nitrogen and oxygen atoms in total. The molecule has 0 radical (unpaired) electrons. The summed E-state index contributed by atoms with van der Waals surface area (Å²) in [5, 5.41) is 3.07. The zero-order valence-corrected chi connectivity index (χ0v) is 13.9. The van der Waals surface area contributed by atoms with Gasteiger partial charge in [0.1, 0.15) is 0 Å². The van der Waals surface area contributed by atoms with Gasteiger partial charge in [0, 0.05) is 16.2 Å². The number of hydrogen-bond donors (Lipinski definition) is 1. The Hall–Kier alpha value is -2.46. The molecule has 2 aromatic carbocycles. The van der Waals surface area contributed by atoms with Crippen LogP contribution in [0.2, 0.25) is 0 Å². The molecule has 23 heavy (non-hydrogen) atoms. The molecule has 3 rings (SSSR count). The number of hydrogen-bond acceptors (Lipinski definition) is 2. The van der Waals surface area contributed by atoms with Crippen molar-refractivity contribution in [3.63, 3.8) is 0 Å². The summed E-state index contributed by atoms with van der Waals surface area (Å²) in [6.07, 6.45) is 1.73. The summed E-state index contributed by atoms with van der Waals surface area (Å²) in [6.45, 7) is 0. The molecular formula is C19H15BrN2O. The molecule has 0 spiro atoms. The summed E-state index contributed by atoms with van der Waals surface area (Å²) in [6, 6.07) is 22.5. The van der Waals surface area contributed by atoms with Gasteiger partial charge in [-0.15, -0.1) is 0 Å². The van der Waals surface area contributed by atoms with E-state index in [1.165, 1.54) is 0 Å². The average Bonchev–Trinajstić information content (AvgIpc) is 2.61. The smallest absolute Gasteiger partial charge is 0.252 e. The molecule has 1 N–H and O–H groups in total. The van der Waals surface area contributed by atoms with E-state index in [9.17, 15) is 4.79 Å². The van der Waals surface area contributed by atoms with Gasteiger partial charge in [-0.3, -0.25) is 9.78 Å². The number of pyridine rings is 1. The van der Waals surface area contributed by atoms with Gasteiger partial charge in [0.2, 0.25) is 0 Å². The number of amides is 1. The van der Waals surface area contributed by atoms with Gasteiger partial charge in [0.05, 0.1) is 11.7 Å². The maximum absolute atomic E-state index is 12.6. The summed E-state index contributed by atoms with van der Waals surface area (Å²) < 4.78 is 0.943. The first-order valence-electron chi connectivity index (χ1n) is 7.26. The van der Waals surface area contributed by atoms with E-state index >= 15 is 0 Å². The molecule has 1 heterocycles. The Labute approximate surface area is 143 Å². The fraction of sp³-hybridized carbons (Fsp3) is 0.0526. The second-order valence-corrected chi connectivity index (χ2v) is 5.99. The summed E-state index contributed by atoms with van der Waals surface area (Å²) in [5.74, 6) is -0.128. The van der Waals surface area contributed by atoms with Crippen LogP contribution in [0.3, 0.4) is 0 Å². The third kappa shape index (κ3) is 3.85. The minimum atomic E-state index is -0.284. The molecule has 1 aromatic heterocycles. The fourth-order valence-electron chi connectivity index (χ4n) is 2.34. The molecule has 0 saturated heterocycles. The molecule has 0 aliphatic carbocycles. The molecule has 114 valence electrons. The fourth-order valence-corrected chi connectivity index (χ4v) is 2.60. The molecule has 0 fully saturated rings. The molecule has 1 atom stereocenters. The van der Waals surface area contributed by atoms with Crippen LogP contribution in [0.25, 0.3) is 0 Å². The average molecular weight is 367 g/mol. The zero-order valence-electron chi connectivity index (χ0n) is 12.3. The standard InChI is InChI=1S/C19H15BrN2O/c20-16-11-9-15(10-12-16)19(23)22-18(14-6-2-1-3-7-14)17-8-4-5-13-21-17/h1-13,18H,(H,22,23). The van der Waals surface area contributed by atoms with Gasteiger partial charge < -0.3 is 5.32 Å². The topological polar surface area (TPSA) is 42.0 Å². The van der Waals surface area contributed by atoms with Crippen molar-refractivity contribution >= 4 is 21.8 Å². The number of benzene rings is 2. The number of carbonyl (C=O) groups is 1. The van der Waals surface area contributed by atoms with Crippen LogP contribution in [-0.4, -0.2) is 10.9 Å². The second-order valence-electron chi connectivity index (χ2n) is 5.08. The molecule has 1 unspecified atom stereocenters. The molecule has 1 amide bonds. The van der Waals surface area contributed by atoms with E-state index in [1.54, 1.807) is 18.3 Å². The first kappa shape index (κ1) is 15.4. The van der Waals surface area contributed by atoms with E-state index in [0.29, 0.717) is 5.56 Å². The number of nitrogens with one attached hydrogen (secondary N) is 1. The Balaban J connectivity index is 1.90. The highest BCUT2D eigenvalue weighted by Crippen LogP contribution is 2.21. The largest absolute Gasteiger partial charge is 0.340 e. The first-order chi connectivity index (χ1) is 11.2. The molecule has 4 heteroatoms. The number of halogens is 1. The maximum Gasteiger partial charge on any atom is 0.252 e. The van der Waals surface area contributed by atoms with Crippen LogP contribution in [0, 0.1) is 0 Å². The number of rotatable bonds is 4. The minimum absolute atomic E-state index is 0.128. The van der Waals surface area contributed by atoms with E-state index in [0.717, 1.165) is 15.7 Å². The Bertz CT molecular complexity index is 734. The molecule has 0 aliphatic heterocycles. The molecular weight excluding hydrogens is 352 g/mol. The van der Waals surface area contributed by atoms with E-state index in [2.05, 4.69) is 26.2 Å². The van der Waals surface area contributed by atoms with E-state index in [1.807, 2.05) is 60.7 Å².